The van der Waals surface area contributed by atoms with Gasteiger partial charge in [0, 0.05) is 37.4 Å². The summed E-state index contributed by atoms with van der Waals surface area (Å²) in [4.78, 5) is 13.5. The highest BCUT2D eigenvalue weighted by Gasteiger charge is 2.31. The fourth-order valence-electron chi connectivity index (χ4n) is 3.58. The number of carbonyl (C=O) groups excluding carboxylic acids is 1. The summed E-state index contributed by atoms with van der Waals surface area (Å²) >= 11 is 0. The number of aldehydes is 1. The van der Waals surface area contributed by atoms with Crippen molar-refractivity contribution < 1.29 is 17.9 Å². The Hall–Kier alpha value is -2.38. The number of anilines is 1. The molecule has 0 spiro atoms. The second kappa shape index (κ2) is 7.93. The molecule has 0 amide bonds. The Morgan fingerprint density at radius 2 is 1.64 bits per heavy atom. The molecule has 0 saturated carbocycles. The van der Waals surface area contributed by atoms with Gasteiger partial charge >= 0.3 is 0 Å². The van der Waals surface area contributed by atoms with Crippen molar-refractivity contribution in [1.29, 1.82) is 0 Å². The molecule has 0 unspecified atom stereocenters. The fourth-order valence-corrected chi connectivity index (χ4v) is 5.25. The number of hydrogen-bond donors (Lipinski definition) is 0. The van der Waals surface area contributed by atoms with Crippen molar-refractivity contribution in [2.75, 3.05) is 38.2 Å². The molecular formula is C21H26N2O4S. The molecular weight excluding hydrogens is 376 g/mol. The third-order valence-corrected chi connectivity index (χ3v) is 7.15. The molecule has 0 aliphatic carbocycles. The van der Waals surface area contributed by atoms with Gasteiger partial charge in [0.1, 0.15) is 16.9 Å². The monoisotopic (exact) mass is 402 g/mol. The summed E-state index contributed by atoms with van der Waals surface area (Å²) in [6.45, 7) is 7.73. The second-order valence-corrected chi connectivity index (χ2v) is 9.06. The molecule has 3 rings (SSSR count). The summed E-state index contributed by atoms with van der Waals surface area (Å²) in [6.07, 6.45) is 0.867. The van der Waals surface area contributed by atoms with Gasteiger partial charge in [-0.2, -0.15) is 4.31 Å². The van der Waals surface area contributed by atoms with E-state index in [0.717, 1.165) is 28.7 Å². The second-order valence-electron chi connectivity index (χ2n) is 7.16. The average Bonchev–Trinajstić information content (AvgIpc) is 2.69. The molecule has 1 aliphatic rings. The van der Waals surface area contributed by atoms with Gasteiger partial charge in [-0.3, -0.25) is 4.79 Å². The molecule has 1 saturated heterocycles. The summed E-state index contributed by atoms with van der Waals surface area (Å²) < 4.78 is 33.1. The lowest BCUT2D eigenvalue weighted by molar-refractivity contribution is 0.112. The van der Waals surface area contributed by atoms with Crippen molar-refractivity contribution in [2.45, 2.75) is 25.7 Å². The number of benzene rings is 2. The minimum atomic E-state index is -3.63. The molecule has 0 bridgehead atoms. The van der Waals surface area contributed by atoms with E-state index in [1.54, 1.807) is 12.1 Å². The van der Waals surface area contributed by atoms with Crippen LogP contribution in [-0.4, -0.2) is 52.3 Å². The van der Waals surface area contributed by atoms with E-state index >= 15 is 0 Å². The Bertz CT molecular complexity index is 994. The Morgan fingerprint density at radius 1 is 0.964 bits per heavy atom. The van der Waals surface area contributed by atoms with E-state index in [9.17, 15) is 13.2 Å². The molecule has 2 aromatic carbocycles. The Labute approximate surface area is 166 Å². The lowest BCUT2D eigenvalue weighted by atomic mass is 10.0. The van der Waals surface area contributed by atoms with Crippen LogP contribution < -0.4 is 9.64 Å². The van der Waals surface area contributed by atoms with Crippen LogP contribution in [-0.2, 0) is 10.0 Å². The molecule has 7 heteroatoms. The van der Waals surface area contributed by atoms with E-state index in [1.165, 1.54) is 11.4 Å². The van der Waals surface area contributed by atoms with Gasteiger partial charge in [0.15, 0.2) is 0 Å². The fraction of sp³-hybridized carbons (Fsp3) is 0.381. The lowest BCUT2D eigenvalue weighted by Crippen LogP contribution is -2.49. The summed E-state index contributed by atoms with van der Waals surface area (Å²) in [7, 11) is -2.14. The number of carbonyl (C=O) groups is 1. The molecule has 1 aliphatic heterocycles. The summed E-state index contributed by atoms with van der Waals surface area (Å²) in [5.74, 6) is 0.365. The maximum absolute atomic E-state index is 13.2. The maximum Gasteiger partial charge on any atom is 0.246 e. The predicted molar refractivity (Wildman–Crippen MR) is 110 cm³/mol. The van der Waals surface area contributed by atoms with Gasteiger partial charge < -0.3 is 9.64 Å². The zero-order chi connectivity index (χ0) is 20.5. The highest BCUT2D eigenvalue weighted by atomic mass is 32.2. The van der Waals surface area contributed by atoms with Gasteiger partial charge in [-0.25, -0.2) is 8.42 Å². The normalized spacial score (nSPS) is 15.5. The highest BCUT2D eigenvalue weighted by Crippen LogP contribution is 2.30. The van der Waals surface area contributed by atoms with Crippen LogP contribution >= 0.6 is 0 Å². The topological polar surface area (TPSA) is 66.9 Å². The van der Waals surface area contributed by atoms with E-state index in [0.29, 0.717) is 37.5 Å². The summed E-state index contributed by atoms with van der Waals surface area (Å²) in [6, 6.07) is 9.08. The first-order valence-corrected chi connectivity index (χ1v) is 10.7. The molecule has 0 radical (unpaired) electrons. The van der Waals surface area contributed by atoms with E-state index in [-0.39, 0.29) is 4.90 Å². The maximum atomic E-state index is 13.2. The summed E-state index contributed by atoms with van der Waals surface area (Å²) in [5, 5.41) is 0. The number of ether oxygens (including phenoxy) is 1. The molecule has 150 valence electrons. The van der Waals surface area contributed by atoms with Gasteiger partial charge in [-0.1, -0.05) is 6.07 Å². The van der Waals surface area contributed by atoms with Crippen LogP contribution in [0.3, 0.4) is 0 Å². The van der Waals surface area contributed by atoms with Crippen LogP contribution in [0.4, 0.5) is 5.69 Å². The molecule has 0 aromatic heterocycles. The molecule has 1 heterocycles. The van der Waals surface area contributed by atoms with Crippen LogP contribution in [0.5, 0.6) is 5.75 Å². The SMILES string of the molecule is COc1ccc(C)cc1S(=O)(=O)N1CCN(c2cc(C)c(C=O)cc2C)CC1. The average molecular weight is 403 g/mol. The largest absolute Gasteiger partial charge is 0.495 e. The van der Waals surface area contributed by atoms with Crippen LogP contribution in [0.1, 0.15) is 27.0 Å². The number of sulfonamides is 1. The number of hydrogen-bond acceptors (Lipinski definition) is 5. The van der Waals surface area contributed by atoms with E-state index < -0.39 is 10.0 Å². The Morgan fingerprint density at radius 3 is 2.25 bits per heavy atom. The molecule has 2 aromatic rings. The van der Waals surface area contributed by atoms with Crippen molar-refractivity contribution in [2.24, 2.45) is 0 Å². The van der Waals surface area contributed by atoms with E-state index in [2.05, 4.69) is 4.90 Å². The van der Waals surface area contributed by atoms with Crippen LogP contribution in [0.25, 0.3) is 0 Å². The molecule has 6 nitrogen and oxygen atoms in total. The minimum Gasteiger partial charge on any atom is -0.495 e. The first-order valence-electron chi connectivity index (χ1n) is 9.24. The van der Waals surface area contributed by atoms with Gasteiger partial charge in [0.25, 0.3) is 0 Å². The molecule has 0 atom stereocenters. The number of aryl methyl sites for hydroxylation is 3. The van der Waals surface area contributed by atoms with E-state index in [4.69, 9.17) is 4.74 Å². The highest BCUT2D eigenvalue weighted by molar-refractivity contribution is 7.89. The van der Waals surface area contributed by atoms with Crippen LogP contribution in [0.2, 0.25) is 0 Å². The van der Waals surface area contributed by atoms with Crippen molar-refractivity contribution in [3.63, 3.8) is 0 Å². The number of rotatable bonds is 5. The van der Waals surface area contributed by atoms with Crippen molar-refractivity contribution >= 4 is 22.0 Å². The molecule has 0 N–H and O–H groups in total. The van der Waals surface area contributed by atoms with Crippen LogP contribution in [0, 0.1) is 20.8 Å². The standard InChI is InChI=1S/C21H26N2O4S/c1-15-5-6-20(27-4)21(11-15)28(25,26)23-9-7-22(8-10-23)19-13-16(2)18(14-24)12-17(19)3/h5-6,11-14H,7-10H2,1-4H3. The Balaban J connectivity index is 1.81. The van der Waals surface area contributed by atoms with Crippen LogP contribution in [0.15, 0.2) is 35.2 Å². The zero-order valence-corrected chi connectivity index (χ0v) is 17.5. The zero-order valence-electron chi connectivity index (χ0n) is 16.7. The van der Waals surface area contributed by atoms with Gasteiger partial charge in [-0.05, 0) is 61.7 Å². The lowest BCUT2D eigenvalue weighted by Gasteiger charge is -2.36. The van der Waals surface area contributed by atoms with Gasteiger partial charge in [0.2, 0.25) is 10.0 Å². The van der Waals surface area contributed by atoms with Crippen molar-refractivity contribution in [1.82, 2.24) is 4.31 Å². The van der Waals surface area contributed by atoms with Gasteiger partial charge in [0.05, 0.1) is 7.11 Å². The third-order valence-electron chi connectivity index (χ3n) is 5.23. The first-order chi connectivity index (χ1) is 13.3. The Kier molecular flexibility index (Phi) is 5.76. The smallest absolute Gasteiger partial charge is 0.246 e. The number of nitrogens with zero attached hydrogens (tertiary/aromatic N) is 2. The van der Waals surface area contributed by atoms with E-state index in [1.807, 2.05) is 39.0 Å². The first kappa shape index (κ1) is 20.4. The van der Waals surface area contributed by atoms with Crippen molar-refractivity contribution in [3.8, 4) is 5.75 Å². The van der Waals surface area contributed by atoms with Gasteiger partial charge in [-0.15, -0.1) is 0 Å². The summed E-state index contributed by atoms with van der Waals surface area (Å²) in [5.41, 5.74) is 4.56. The molecule has 1 fully saturated rings. The van der Waals surface area contributed by atoms with Crippen molar-refractivity contribution in [3.05, 3.63) is 52.6 Å². The number of piperazine rings is 1. The molecule has 28 heavy (non-hydrogen) atoms. The predicted octanol–water partition coefficient (Wildman–Crippen LogP) is 2.94. The number of methoxy groups -OCH3 is 1. The quantitative estimate of drug-likeness (QED) is 0.720. The minimum absolute atomic E-state index is 0.214. The third kappa shape index (κ3) is 3.77.